The van der Waals surface area contributed by atoms with Crippen LogP contribution in [-0.4, -0.2) is 13.4 Å². The number of aryl methyl sites for hydroxylation is 2. The van der Waals surface area contributed by atoms with E-state index in [1.54, 1.807) is 18.2 Å². The topological polar surface area (TPSA) is 13.6 Å². The maximum atomic E-state index is 12.6. The molecular formula is C25H28B2FNO. The van der Waals surface area contributed by atoms with Crippen molar-refractivity contribution >= 4 is 30.0 Å². The smallest absolute Gasteiger partial charge is 0.187 e. The molecule has 0 saturated heterocycles. The minimum atomic E-state index is -0.146. The van der Waals surface area contributed by atoms with Crippen LogP contribution in [0.15, 0.2) is 60.7 Å². The summed E-state index contributed by atoms with van der Waals surface area (Å²) in [5, 5.41) is 0. The fraction of sp³-hybridized carbons (Fsp3) is 0.240. The van der Waals surface area contributed by atoms with E-state index in [1.807, 2.05) is 31.2 Å². The van der Waals surface area contributed by atoms with Gasteiger partial charge in [0.15, 0.2) is 19.1 Å². The van der Waals surface area contributed by atoms with Crippen molar-refractivity contribution in [3.05, 3.63) is 89.0 Å². The summed E-state index contributed by atoms with van der Waals surface area (Å²) in [6.07, 6.45) is 0. The van der Waals surface area contributed by atoms with Gasteiger partial charge in [-0.25, -0.2) is 9.24 Å². The molecule has 3 aromatic carbocycles. The number of rotatable bonds is 4. The SMILES string of the molecule is CB(C)c1ccc(F)cc1C.[C-]#[N+]c1ccc(Oc2ccc(B(C)C)c(C)c2)cc1. The Kier molecular flexibility index (Phi) is 8.30. The van der Waals surface area contributed by atoms with Crippen LogP contribution in [0.2, 0.25) is 27.3 Å². The molecule has 0 heterocycles. The summed E-state index contributed by atoms with van der Waals surface area (Å²) in [4.78, 5) is 3.36. The molecule has 2 nitrogen and oxygen atoms in total. The Balaban J connectivity index is 0.000000248. The van der Waals surface area contributed by atoms with E-state index in [9.17, 15) is 4.39 Å². The molecule has 0 aliphatic heterocycles. The van der Waals surface area contributed by atoms with Gasteiger partial charge in [0.2, 0.25) is 0 Å². The number of benzene rings is 3. The van der Waals surface area contributed by atoms with Crippen LogP contribution in [-0.2, 0) is 0 Å². The highest BCUT2D eigenvalue weighted by Crippen LogP contribution is 2.24. The summed E-state index contributed by atoms with van der Waals surface area (Å²) in [7, 11) is 0. The molecular weight excluding hydrogens is 371 g/mol. The first-order valence-corrected chi connectivity index (χ1v) is 10.2. The van der Waals surface area contributed by atoms with E-state index in [0.717, 1.165) is 17.1 Å². The van der Waals surface area contributed by atoms with Crippen LogP contribution in [0.5, 0.6) is 11.5 Å². The molecule has 0 atom stereocenters. The molecule has 5 heteroatoms. The summed E-state index contributed by atoms with van der Waals surface area (Å²) in [6.45, 7) is 20.6. The Morgan fingerprint density at radius 3 is 1.70 bits per heavy atom. The van der Waals surface area contributed by atoms with E-state index in [2.05, 4.69) is 51.2 Å². The third-order valence-corrected chi connectivity index (χ3v) is 4.92. The van der Waals surface area contributed by atoms with Crippen molar-refractivity contribution in [2.75, 3.05) is 0 Å². The highest BCUT2D eigenvalue weighted by Gasteiger charge is 2.08. The zero-order valence-corrected chi connectivity index (χ0v) is 18.7. The van der Waals surface area contributed by atoms with Crippen molar-refractivity contribution in [2.24, 2.45) is 0 Å². The first kappa shape index (κ1) is 23.3. The van der Waals surface area contributed by atoms with Crippen LogP contribution in [0.1, 0.15) is 11.1 Å². The molecule has 0 fully saturated rings. The number of halogens is 1. The number of hydrogen-bond acceptors (Lipinski definition) is 1. The van der Waals surface area contributed by atoms with Gasteiger partial charge in [-0.15, -0.1) is 0 Å². The van der Waals surface area contributed by atoms with E-state index < -0.39 is 0 Å². The van der Waals surface area contributed by atoms with Gasteiger partial charge >= 0.3 is 0 Å². The summed E-state index contributed by atoms with van der Waals surface area (Å²) < 4.78 is 18.4. The van der Waals surface area contributed by atoms with Gasteiger partial charge in [-0.05, 0) is 50.2 Å². The number of ether oxygens (including phenoxy) is 1. The zero-order chi connectivity index (χ0) is 22.3. The minimum Gasteiger partial charge on any atom is -0.457 e. The van der Waals surface area contributed by atoms with Gasteiger partial charge in [-0.2, -0.15) is 0 Å². The quantitative estimate of drug-likeness (QED) is 0.366. The van der Waals surface area contributed by atoms with Crippen LogP contribution in [0, 0.1) is 26.2 Å². The lowest BCUT2D eigenvalue weighted by molar-refractivity contribution is 0.482. The van der Waals surface area contributed by atoms with E-state index in [0.29, 0.717) is 19.1 Å². The van der Waals surface area contributed by atoms with Gasteiger partial charge in [0.25, 0.3) is 0 Å². The zero-order valence-electron chi connectivity index (χ0n) is 18.7. The van der Waals surface area contributed by atoms with Crippen LogP contribution >= 0.6 is 0 Å². The summed E-state index contributed by atoms with van der Waals surface area (Å²) in [5.41, 5.74) is 5.48. The van der Waals surface area contributed by atoms with Gasteiger partial charge in [-0.1, -0.05) is 73.6 Å². The van der Waals surface area contributed by atoms with Gasteiger partial charge in [0.1, 0.15) is 17.3 Å². The number of hydrogen-bond donors (Lipinski definition) is 0. The largest absolute Gasteiger partial charge is 0.457 e. The van der Waals surface area contributed by atoms with Crippen molar-refractivity contribution in [1.82, 2.24) is 0 Å². The molecule has 0 spiro atoms. The van der Waals surface area contributed by atoms with E-state index >= 15 is 0 Å². The summed E-state index contributed by atoms with van der Waals surface area (Å²) in [6, 6.07) is 18.3. The fourth-order valence-corrected chi connectivity index (χ4v) is 3.37. The highest BCUT2D eigenvalue weighted by molar-refractivity contribution is 6.71. The molecule has 0 N–H and O–H groups in total. The molecule has 0 aromatic heterocycles. The third-order valence-electron chi connectivity index (χ3n) is 4.92. The van der Waals surface area contributed by atoms with E-state index in [-0.39, 0.29) is 5.82 Å². The lowest BCUT2D eigenvalue weighted by Crippen LogP contribution is -2.25. The molecule has 3 aromatic rings. The molecule has 0 radical (unpaired) electrons. The van der Waals surface area contributed by atoms with Crippen molar-refractivity contribution < 1.29 is 9.13 Å². The highest BCUT2D eigenvalue weighted by atomic mass is 19.1. The lowest BCUT2D eigenvalue weighted by Gasteiger charge is -2.11. The standard InChI is InChI=1S/C16H16BNO.C9H12BF/c1-12-11-15(9-10-16(12)17(2)3)19-14-7-5-13(18-4)6-8-14;1-7-6-8(11)4-5-9(7)10(2)3/h5-11H,1-3H3;4-6H,1-3H3. The molecule has 30 heavy (non-hydrogen) atoms. The van der Waals surface area contributed by atoms with Gasteiger partial charge in [-0.3, -0.25) is 0 Å². The van der Waals surface area contributed by atoms with Crippen molar-refractivity contribution in [1.29, 1.82) is 0 Å². The Morgan fingerprint density at radius 1 is 0.733 bits per heavy atom. The number of nitrogens with zero attached hydrogens (tertiary/aromatic N) is 1. The first-order valence-electron chi connectivity index (χ1n) is 10.2. The van der Waals surface area contributed by atoms with E-state index in [1.165, 1.54) is 22.6 Å². The Morgan fingerprint density at radius 2 is 1.23 bits per heavy atom. The third kappa shape index (κ3) is 6.52. The molecule has 0 unspecified atom stereocenters. The normalized spacial score (nSPS) is 9.80. The first-order chi connectivity index (χ1) is 14.2. The van der Waals surface area contributed by atoms with Crippen molar-refractivity contribution in [2.45, 2.75) is 41.1 Å². The van der Waals surface area contributed by atoms with E-state index in [4.69, 9.17) is 11.3 Å². The van der Waals surface area contributed by atoms with Gasteiger partial charge in [0, 0.05) is 0 Å². The average molecular weight is 399 g/mol. The summed E-state index contributed by atoms with van der Waals surface area (Å²) >= 11 is 0. The monoisotopic (exact) mass is 399 g/mol. The van der Waals surface area contributed by atoms with Crippen LogP contribution in [0.25, 0.3) is 4.85 Å². The molecule has 152 valence electrons. The van der Waals surface area contributed by atoms with Crippen LogP contribution in [0.3, 0.4) is 0 Å². The second-order valence-corrected chi connectivity index (χ2v) is 8.04. The fourth-order valence-electron chi connectivity index (χ4n) is 3.37. The minimum absolute atomic E-state index is 0.146. The lowest BCUT2D eigenvalue weighted by atomic mass is 9.48. The summed E-state index contributed by atoms with van der Waals surface area (Å²) in [5.74, 6) is 1.44. The van der Waals surface area contributed by atoms with Crippen LogP contribution in [0.4, 0.5) is 10.1 Å². The van der Waals surface area contributed by atoms with Crippen LogP contribution < -0.4 is 15.7 Å². The Hall–Kier alpha value is -2.99. The molecule has 3 rings (SSSR count). The van der Waals surface area contributed by atoms with Gasteiger partial charge in [0.05, 0.1) is 6.57 Å². The second-order valence-electron chi connectivity index (χ2n) is 8.04. The maximum Gasteiger partial charge on any atom is 0.187 e. The van der Waals surface area contributed by atoms with Crippen molar-refractivity contribution in [3.8, 4) is 11.5 Å². The Bertz CT molecular complexity index is 1020. The maximum absolute atomic E-state index is 12.6. The van der Waals surface area contributed by atoms with Crippen molar-refractivity contribution in [3.63, 3.8) is 0 Å². The molecule has 0 amide bonds. The predicted molar refractivity (Wildman–Crippen MR) is 129 cm³/mol. The average Bonchev–Trinajstić information content (AvgIpc) is 2.68. The van der Waals surface area contributed by atoms with Gasteiger partial charge < -0.3 is 4.74 Å². The molecule has 0 saturated carbocycles. The Labute approximate surface area is 181 Å². The second kappa shape index (κ2) is 10.7. The molecule has 0 bridgehead atoms. The molecule has 0 aliphatic rings. The predicted octanol–water partition coefficient (Wildman–Crippen LogP) is 6.40. The molecule has 0 aliphatic carbocycles.